The Bertz CT molecular complexity index is 888. The monoisotopic (exact) mass is 434 g/mol. The van der Waals surface area contributed by atoms with Crippen LogP contribution >= 0.6 is 0 Å². The van der Waals surface area contributed by atoms with E-state index in [1.54, 1.807) is 24.5 Å². The highest BCUT2D eigenvalue weighted by atomic mass is 16.1. The topological polar surface area (TPSA) is 72.9 Å². The van der Waals surface area contributed by atoms with Crippen LogP contribution in [0.15, 0.2) is 59.9 Å². The van der Waals surface area contributed by atoms with Gasteiger partial charge in [-0.05, 0) is 49.4 Å². The smallest absolute Gasteiger partial charge is 0.252 e. The van der Waals surface area contributed by atoms with E-state index in [1.165, 1.54) is 24.9 Å². The number of carbonyl (C=O) groups excluding carboxylic acids is 1. The Kier molecular flexibility index (Phi) is 7.72. The molecule has 2 aromatic rings. The van der Waals surface area contributed by atoms with E-state index in [-0.39, 0.29) is 5.91 Å². The van der Waals surface area contributed by atoms with Crippen LogP contribution in [0.3, 0.4) is 0 Å². The Morgan fingerprint density at radius 1 is 1.09 bits per heavy atom. The van der Waals surface area contributed by atoms with Gasteiger partial charge in [0, 0.05) is 58.2 Å². The highest BCUT2D eigenvalue weighted by Gasteiger charge is 2.36. The first-order valence-electron chi connectivity index (χ1n) is 11.7. The summed E-state index contributed by atoms with van der Waals surface area (Å²) < 4.78 is 0. The van der Waals surface area contributed by atoms with Crippen LogP contribution in [0, 0.1) is 5.92 Å². The molecule has 2 aliphatic heterocycles. The van der Waals surface area contributed by atoms with Crippen molar-refractivity contribution in [1.29, 1.82) is 0 Å². The second-order valence-electron chi connectivity index (χ2n) is 8.63. The molecule has 2 fully saturated rings. The van der Waals surface area contributed by atoms with Crippen molar-refractivity contribution >= 4 is 11.9 Å². The lowest BCUT2D eigenvalue weighted by Gasteiger charge is -2.48. The molecule has 4 rings (SSSR count). The molecule has 0 bridgehead atoms. The molecule has 2 N–H and O–H groups in total. The Hall–Kier alpha value is -2.93. The highest BCUT2D eigenvalue weighted by Crippen LogP contribution is 2.31. The number of nitrogens with one attached hydrogen (secondary N) is 2. The van der Waals surface area contributed by atoms with Crippen molar-refractivity contribution in [2.24, 2.45) is 10.9 Å². The zero-order chi connectivity index (χ0) is 22.2. The molecule has 1 aromatic carbocycles. The van der Waals surface area contributed by atoms with Gasteiger partial charge in [0.25, 0.3) is 5.91 Å². The molecule has 0 aliphatic carbocycles. The summed E-state index contributed by atoms with van der Waals surface area (Å²) in [6.07, 6.45) is 6.95. The number of benzene rings is 1. The molecule has 0 spiro atoms. The Morgan fingerprint density at radius 3 is 2.72 bits per heavy atom. The van der Waals surface area contributed by atoms with Crippen molar-refractivity contribution in [2.45, 2.75) is 31.8 Å². The average molecular weight is 435 g/mol. The van der Waals surface area contributed by atoms with Crippen LogP contribution in [-0.2, 0) is 6.54 Å². The third kappa shape index (κ3) is 5.65. The molecule has 2 atom stereocenters. The molecule has 32 heavy (non-hydrogen) atoms. The van der Waals surface area contributed by atoms with E-state index in [1.807, 2.05) is 7.05 Å². The van der Waals surface area contributed by atoms with Crippen molar-refractivity contribution in [3.8, 4) is 0 Å². The van der Waals surface area contributed by atoms with Crippen LogP contribution in [0.2, 0.25) is 0 Å². The molecule has 7 nitrogen and oxygen atoms in total. The fourth-order valence-electron chi connectivity index (χ4n) is 4.99. The zero-order valence-corrected chi connectivity index (χ0v) is 18.9. The van der Waals surface area contributed by atoms with Crippen LogP contribution < -0.4 is 10.6 Å². The summed E-state index contributed by atoms with van der Waals surface area (Å²) in [5.74, 6) is 1.50. The number of likely N-dealkylation sites (tertiary alicyclic amines) is 2. The Labute approximate surface area is 190 Å². The number of hydrogen-bond acceptors (Lipinski definition) is 4. The lowest BCUT2D eigenvalue weighted by atomic mass is 9.83. The molecular weight excluding hydrogens is 400 g/mol. The van der Waals surface area contributed by atoms with Gasteiger partial charge in [-0.1, -0.05) is 30.3 Å². The number of aliphatic imine (C=N–C) groups is 1. The fourth-order valence-corrected chi connectivity index (χ4v) is 4.99. The molecule has 0 radical (unpaired) electrons. The number of piperidine rings is 2. The van der Waals surface area contributed by atoms with Gasteiger partial charge in [-0.25, -0.2) is 0 Å². The number of amides is 1. The van der Waals surface area contributed by atoms with E-state index in [0.29, 0.717) is 30.6 Å². The quantitative estimate of drug-likeness (QED) is 0.415. The summed E-state index contributed by atoms with van der Waals surface area (Å²) in [5.41, 5.74) is 1.98. The van der Waals surface area contributed by atoms with Crippen LogP contribution in [0.25, 0.3) is 0 Å². The summed E-state index contributed by atoms with van der Waals surface area (Å²) in [6.45, 7) is 5.47. The van der Waals surface area contributed by atoms with Crippen LogP contribution in [0.5, 0.6) is 0 Å². The highest BCUT2D eigenvalue weighted by molar-refractivity contribution is 5.93. The second-order valence-corrected chi connectivity index (χ2v) is 8.63. The van der Waals surface area contributed by atoms with E-state index < -0.39 is 0 Å². The van der Waals surface area contributed by atoms with E-state index in [4.69, 9.17) is 0 Å². The minimum atomic E-state index is -0.101. The molecular formula is C25H34N6O. The second kappa shape index (κ2) is 11.1. The summed E-state index contributed by atoms with van der Waals surface area (Å²) in [4.78, 5) is 25.7. The van der Waals surface area contributed by atoms with E-state index >= 15 is 0 Å². The SMILES string of the molecule is CN=C(NCCNC(=O)c1cccnc1)N1CCC2C(CCCN2Cc2ccccc2)C1. The van der Waals surface area contributed by atoms with Gasteiger partial charge < -0.3 is 15.5 Å². The van der Waals surface area contributed by atoms with Crippen molar-refractivity contribution in [3.63, 3.8) is 0 Å². The molecule has 170 valence electrons. The van der Waals surface area contributed by atoms with E-state index in [2.05, 4.69) is 60.7 Å². The largest absolute Gasteiger partial charge is 0.354 e. The van der Waals surface area contributed by atoms with E-state index in [9.17, 15) is 4.79 Å². The maximum absolute atomic E-state index is 12.2. The molecule has 2 saturated heterocycles. The molecule has 0 saturated carbocycles. The maximum atomic E-state index is 12.2. The number of guanidine groups is 1. The van der Waals surface area contributed by atoms with Gasteiger partial charge in [0.1, 0.15) is 0 Å². The lowest BCUT2D eigenvalue weighted by Crippen LogP contribution is -2.57. The average Bonchev–Trinajstić information content (AvgIpc) is 2.85. The fraction of sp³-hybridized carbons (Fsp3) is 0.480. The first-order valence-corrected chi connectivity index (χ1v) is 11.7. The van der Waals surface area contributed by atoms with Crippen molar-refractivity contribution in [1.82, 2.24) is 25.4 Å². The number of pyridine rings is 1. The van der Waals surface area contributed by atoms with Gasteiger partial charge >= 0.3 is 0 Å². The first-order chi connectivity index (χ1) is 15.7. The van der Waals surface area contributed by atoms with Crippen LogP contribution in [0.4, 0.5) is 0 Å². The first kappa shape index (κ1) is 22.3. The van der Waals surface area contributed by atoms with E-state index in [0.717, 1.165) is 32.0 Å². The van der Waals surface area contributed by atoms with Gasteiger partial charge in [0.2, 0.25) is 0 Å². The normalized spacial score (nSPS) is 21.7. The van der Waals surface area contributed by atoms with Gasteiger partial charge in [-0.3, -0.25) is 19.7 Å². The van der Waals surface area contributed by atoms with Crippen molar-refractivity contribution in [2.75, 3.05) is 39.8 Å². The maximum Gasteiger partial charge on any atom is 0.252 e. The van der Waals surface area contributed by atoms with Crippen molar-refractivity contribution in [3.05, 3.63) is 66.0 Å². The van der Waals surface area contributed by atoms with Gasteiger partial charge in [0.05, 0.1) is 5.56 Å². The minimum absolute atomic E-state index is 0.101. The third-order valence-corrected chi connectivity index (χ3v) is 6.54. The molecule has 1 amide bonds. The van der Waals surface area contributed by atoms with Crippen LogP contribution in [0.1, 0.15) is 35.2 Å². The number of carbonyl (C=O) groups is 1. The number of hydrogen-bond donors (Lipinski definition) is 2. The Morgan fingerprint density at radius 2 is 1.94 bits per heavy atom. The lowest BCUT2D eigenvalue weighted by molar-refractivity contribution is 0.0373. The molecule has 2 aliphatic rings. The molecule has 7 heteroatoms. The predicted octanol–water partition coefficient (Wildman–Crippen LogP) is 2.37. The third-order valence-electron chi connectivity index (χ3n) is 6.54. The molecule has 2 unspecified atom stereocenters. The molecule has 1 aromatic heterocycles. The number of nitrogens with zero attached hydrogens (tertiary/aromatic N) is 4. The number of aromatic nitrogens is 1. The summed E-state index contributed by atoms with van der Waals surface area (Å²) in [6, 6.07) is 15.0. The van der Waals surface area contributed by atoms with Gasteiger partial charge in [-0.15, -0.1) is 0 Å². The minimum Gasteiger partial charge on any atom is -0.354 e. The zero-order valence-electron chi connectivity index (χ0n) is 18.9. The summed E-state index contributed by atoms with van der Waals surface area (Å²) >= 11 is 0. The number of fused-ring (bicyclic) bond motifs is 1. The Balaban J connectivity index is 1.25. The summed E-state index contributed by atoms with van der Waals surface area (Å²) in [5, 5.41) is 6.36. The summed E-state index contributed by atoms with van der Waals surface area (Å²) in [7, 11) is 1.84. The standard InChI is InChI=1S/C25H34N6O/c1-26-25(29-14-13-28-24(32)21-9-5-12-27-17-21)31-16-11-23-22(19-31)10-6-15-30(23)18-20-7-3-2-4-8-20/h2-5,7-9,12,17,22-23H,6,10-11,13-16,18-19H2,1H3,(H,26,29)(H,28,32). The predicted molar refractivity (Wildman–Crippen MR) is 127 cm³/mol. The van der Waals surface area contributed by atoms with Gasteiger partial charge in [0.15, 0.2) is 5.96 Å². The van der Waals surface area contributed by atoms with Crippen molar-refractivity contribution < 1.29 is 4.79 Å². The van der Waals surface area contributed by atoms with Gasteiger partial charge in [-0.2, -0.15) is 0 Å². The number of rotatable bonds is 6. The molecule has 3 heterocycles. The van der Waals surface area contributed by atoms with Crippen LogP contribution in [-0.4, -0.2) is 72.5 Å².